The highest BCUT2D eigenvalue weighted by atomic mass is 19.1. The highest BCUT2D eigenvalue weighted by Crippen LogP contribution is 2.48. The Balaban J connectivity index is 1.37. The predicted octanol–water partition coefficient (Wildman–Crippen LogP) is 5.24. The summed E-state index contributed by atoms with van der Waals surface area (Å²) in [4.78, 5) is 28.0. The summed E-state index contributed by atoms with van der Waals surface area (Å²) in [6.45, 7) is 5.17. The summed E-state index contributed by atoms with van der Waals surface area (Å²) >= 11 is 0. The second-order valence-electron chi connectivity index (χ2n) is 9.40. The highest BCUT2D eigenvalue weighted by Gasteiger charge is 2.46. The maximum atomic E-state index is 14.3. The summed E-state index contributed by atoms with van der Waals surface area (Å²) in [5.74, 6) is -0.522. The number of likely N-dealkylation sites (tertiary alicyclic amines) is 1. The first-order chi connectivity index (χ1) is 16.3. The standard InChI is InChI=1S/C27H26FN3O3/c1-19-2-4-20(5-3-19)17-29-14-12-27(13-15-29)18-30(25-11-8-22(28)16-24(25)27)26(32)21-6-9-23(10-7-21)31(33)34/h2-11,16H,12-15,17-18H2,1H3. The number of hydrogen-bond acceptors (Lipinski definition) is 4. The number of halogens is 1. The van der Waals surface area contributed by atoms with Crippen molar-refractivity contribution < 1.29 is 14.1 Å². The Bertz CT molecular complexity index is 1230. The Kier molecular flexibility index (Phi) is 5.65. The molecule has 7 heteroatoms. The molecular weight excluding hydrogens is 433 g/mol. The van der Waals surface area contributed by atoms with E-state index in [2.05, 4.69) is 36.1 Å². The lowest BCUT2D eigenvalue weighted by Gasteiger charge is -2.40. The van der Waals surface area contributed by atoms with E-state index in [1.54, 1.807) is 17.0 Å². The number of non-ortho nitro benzene ring substituents is 1. The summed E-state index contributed by atoms with van der Waals surface area (Å²) in [6.07, 6.45) is 1.67. The van der Waals surface area contributed by atoms with Crippen LogP contribution in [0.3, 0.4) is 0 Å². The van der Waals surface area contributed by atoms with Crippen molar-refractivity contribution in [3.63, 3.8) is 0 Å². The van der Waals surface area contributed by atoms with Gasteiger partial charge in [-0.05, 0) is 74.3 Å². The summed E-state index contributed by atoms with van der Waals surface area (Å²) in [5, 5.41) is 11.0. The van der Waals surface area contributed by atoms with Crippen LogP contribution < -0.4 is 4.90 Å². The van der Waals surface area contributed by atoms with Crippen LogP contribution in [0, 0.1) is 22.9 Å². The van der Waals surface area contributed by atoms with Crippen LogP contribution in [-0.2, 0) is 12.0 Å². The molecule has 0 aromatic heterocycles. The molecule has 1 fully saturated rings. The van der Waals surface area contributed by atoms with Crippen molar-refractivity contribution in [2.75, 3.05) is 24.5 Å². The average molecular weight is 460 g/mol. The molecule has 0 unspecified atom stereocenters. The van der Waals surface area contributed by atoms with Gasteiger partial charge in [-0.15, -0.1) is 0 Å². The zero-order chi connectivity index (χ0) is 23.9. The van der Waals surface area contributed by atoms with Gasteiger partial charge in [-0.3, -0.25) is 19.8 Å². The zero-order valence-electron chi connectivity index (χ0n) is 19.0. The van der Waals surface area contributed by atoms with Gasteiger partial charge in [0.05, 0.1) is 4.92 Å². The molecule has 0 radical (unpaired) electrons. The number of aryl methyl sites for hydroxylation is 1. The van der Waals surface area contributed by atoms with E-state index in [0.29, 0.717) is 12.1 Å². The van der Waals surface area contributed by atoms with E-state index in [9.17, 15) is 19.3 Å². The second-order valence-corrected chi connectivity index (χ2v) is 9.40. The molecule has 5 rings (SSSR count). The van der Waals surface area contributed by atoms with Crippen molar-refractivity contribution >= 4 is 17.3 Å². The smallest absolute Gasteiger partial charge is 0.269 e. The third-order valence-electron chi connectivity index (χ3n) is 7.19. The lowest BCUT2D eigenvalue weighted by Crippen LogP contribution is -2.45. The summed E-state index contributed by atoms with van der Waals surface area (Å²) in [6, 6.07) is 18.9. The average Bonchev–Trinajstić information content (AvgIpc) is 3.15. The van der Waals surface area contributed by atoms with Crippen LogP contribution in [0.2, 0.25) is 0 Å². The number of rotatable bonds is 4. The van der Waals surface area contributed by atoms with Gasteiger partial charge in [0.15, 0.2) is 0 Å². The molecule has 0 atom stereocenters. The quantitative estimate of drug-likeness (QED) is 0.396. The molecule has 2 aliphatic heterocycles. The van der Waals surface area contributed by atoms with Crippen molar-refractivity contribution in [3.05, 3.63) is 105 Å². The summed E-state index contributed by atoms with van der Waals surface area (Å²) < 4.78 is 14.3. The number of nitro groups is 1. The third-order valence-corrected chi connectivity index (χ3v) is 7.19. The molecule has 0 N–H and O–H groups in total. The van der Waals surface area contributed by atoms with Crippen LogP contribution in [0.4, 0.5) is 15.8 Å². The molecule has 0 bridgehead atoms. The fourth-order valence-electron chi connectivity index (χ4n) is 5.22. The molecular formula is C27H26FN3O3. The van der Waals surface area contributed by atoms with Gasteiger partial charge < -0.3 is 4.90 Å². The monoisotopic (exact) mass is 459 g/mol. The number of nitro benzene ring substituents is 1. The van der Waals surface area contributed by atoms with Crippen molar-refractivity contribution in [2.45, 2.75) is 31.7 Å². The number of carbonyl (C=O) groups excluding carboxylic acids is 1. The van der Waals surface area contributed by atoms with Crippen molar-refractivity contribution in [1.29, 1.82) is 0 Å². The van der Waals surface area contributed by atoms with Gasteiger partial charge >= 0.3 is 0 Å². The molecule has 1 spiro atoms. The number of fused-ring (bicyclic) bond motifs is 2. The summed E-state index contributed by atoms with van der Waals surface area (Å²) in [7, 11) is 0. The third kappa shape index (κ3) is 4.07. The molecule has 2 aliphatic rings. The maximum absolute atomic E-state index is 14.3. The maximum Gasteiger partial charge on any atom is 0.269 e. The predicted molar refractivity (Wildman–Crippen MR) is 129 cm³/mol. The number of nitrogens with zero attached hydrogens (tertiary/aromatic N) is 3. The van der Waals surface area contributed by atoms with Crippen LogP contribution in [-0.4, -0.2) is 35.4 Å². The first-order valence-electron chi connectivity index (χ1n) is 11.5. The number of anilines is 1. The minimum Gasteiger partial charge on any atom is -0.307 e. The molecule has 1 amide bonds. The molecule has 0 saturated carbocycles. The first-order valence-corrected chi connectivity index (χ1v) is 11.5. The Labute approximate surface area is 197 Å². The van der Waals surface area contributed by atoms with Crippen LogP contribution in [0.15, 0.2) is 66.7 Å². The van der Waals surface area contributed by atoms with E-state index < -0.39 is 4.92 Å². The molecule has 174 valence electrons. The molecule has 1 saturated heterocycles. The van der Waals surface area contributed by atoms with Gasteiger partial charge in [-0.25, -0.2) is 4.39 Å². The van der Waals surface area contributed by atoms with Crippen molar-refractivity contribution in [2.24, 2.45) is 0 Å². The van der Waals surface area contributed by atoms with Gasteiger partial charge in [0.1, 0.15) is 5.82 Å². The molecule has 3 aromatic carbocycles. The van der Waals surface area contributed by atoms with E-state index >= 15 is 0 Å². The Morgan fingerprint density at radius 3 is 2.35 bits per heavy atom. The number of carbonyl (C=O) groups is 1. The summed E-state index contributed by atoms with van der Waals surface area (Å²) in [5.41, 5.74) is 4.16. The Hall–Kier alpha value is -3.58. The Morgan fingerprint density at radius 1 is 1.03 bits per heavy atom. The van der Waals surface area contributed by atoms with E-state index in [0.717, 1.165) is 43.7 Å². The van der Waals surface area contributed by atoms with Crippen LogP contribution in [0.5, 0.6) is 0 Å². The van der Waals surface area contributed by atoms with Crippen LogP contribution in [0.25, 0.3) is 0 Å². The van der Waals surface area contributed by atoms with E-state index in [1.165, 1.54) is 41.5 Å². The Morgan fingerprint density at radius 2 is 1.71 bits per heavy atom. The number of piperidine rings is 1. The number of benzene rings is 3. The lowest BCUT2D eigenvalue weighted by atomic mass is 9.74. The number of hydrogen-bond donors (Lipinski definition) is 0. The van der Waals surface area contributed by atoms with Crippen LogP contribution >= 0.6 is 0 Å². The molecule has 6 nitrogen and oxygen atoms in total. The van der Waals surface area contributed by atoms with E-state index in [-0.39, 0.29) is 22.8 Å². The van der Waals surface area contributed by atoms with Crippen molar-refractivity contribution in [1.82, 2.24) is 4.90 Å². The SMILES string of the molecule is Cc1ccc(CN2CCC3(CC2)CN(C(=O)c2ccc([N+](=O)[O-])cc2)c2ccc(F)cc23)cc1. The second kappa shape index (κ2) is 8.65. The van der Waals surface area contributed by atoms with Crippen molar-refractivity contribution in [3.8, 4) is 0 Å². The molecule has 3 aromatic rings. The van der Waals surface area contributed by atoms with Gasteiger partial charge in [-0.1, -0.05) is 29.8 Å². The molecule has 0 aliphatic carbocycles. The lowest BCUT2D eigenvalue weighted by molar-refractivity contribution is -0.384. The first kappa shape index (κ1) is 22.2. The molecule has 2 heterocycles. The topological polar surface area (TPSA) is 66.7 Å². The van der Waals surface area contributed by atoms with E-state index in [1.807, 2.05) is 0 Å². The highest BCUT2D eigenvalue weighted by molar-refractivity contribution is 6.07. The van der Waals surface area contributed by atoms with Gasteiger partial charge in [0.2, 0.25) is 0 Å². The van der Waals surface area contributed by atoms with Gasteiger partial charge in [0.25, 0.3) is 11.6 Å². The van der Waals surface area contributed by atoms with Gasteiger partial charge in [0, 0.05) is 41.9 Å². The van der Waals surface area contributed by atoms with Gasteiger partial charge in [-0.2, -0.15) is 0 Å². The molecule has 34 heavy (non-hydrogen) atoms. The van der Waals surface area contributed by atoms with Crippen LogP contribution in [0.1, 0.15) is 39.9 Å². The fraction of sp³-hybridized carbons (Fsp3) is 0.296. The van der Waals surface area contributed by atoms with E-state index in [4.69, 9.17) is 0 Å². The largest absolute Gasteiger partial charge is 0.307 e. The minimum atomic E-state index is -0.485. The minimum absolute atomic E-state index is 0.0575. The zero-order valence-corrected chi connectivity index (χ0v) is 19.0. The fourth-order valence-corrected chi connectivity index (χ4v) is 5.22. The number of amides is 1. The normalized spacial score (nSPS) is 17.1.